The summed E-state index contributed by atoms with van der Waals surface area (Å²) in [6.45, 7) is -0.885. The largest absolute Gasteiger partial charge is 0.480 e. The average Bonchev–Trinajstić information content (AvgIpc) is 2.29. The van der Waals surface area contributed by atoms with E-state index in [9.17, 15) is 14.8 Å². The van der Waals surface area contributed by atoms with Crippen LogP contribution < -0.4 is 0 Å². The predicted octanol–water partition coefficient (Wildman–Crippen LogP) is -0.642. The Morgan fingerprint density at radius 1 is 1.44 bits per heavy atom. The Hall–Kier alpha value is -1.99. The summed E-state index contributed by atoms with van der Waals surface area (Å²) >= 11 is 0. The van der Waals surface area contributed by atoms with Crippen LogP contribution in [0.3, 0.4) is 0 Å². The van der Waals surface area contributed by atoms with Gasteiger partial charge in [0.15, 0.2) is 6.04 Å². The first-order valence-corrected chi connectivity index (χ1v) is 4.35. The minimum Gasteiger partial charge on any atom is -0.480 e. The Labute approximate surface area is 90.5 Å². The summed E-state index contributed by atoms with van der Waals surface area (Å²) in [6.07, 6.45) is 1.33. The molecule has 86 valence electrons. The number of aliphatic hydroxyl groups excluding tert-OH is 1. The number of hydroxylamine groups is 2. The lowest BCUT2D eigenvalue weighted by atomic mass is 10.2. The maximum Gasteiger partial charge on any atom is 0.331 e. The van der Waals surface area contributed by atoms with E-state index in [4.69, 9.17) is 10.2 Å². The third-order valence-corrected chi connectivity index (χ3v) is 1.85. The zero-order valence-electron chi connectivity index (χ0n) is 8.15. The van der Waals surface area contributed by atoms with Crippen molar-refractivity contribution in [2.24, 2.45) is 0 Å². The van der Waals surface area contributed by atoms with Crippen LogP contribution in [0.2, 0.25) is 0 Å². The molecular weight excluding hydrogens is 216 g/mol. The van der Waals surface area contributed by atoms with Crippen molar-refractivity contribution >= 4 is 11.9 Å². The molecule has 16 heavy (non-hydrogen) atoms. The molecule has 7 heteroatoms. The second-order valence-electron chi connectivity index (χ2n) is 2.90. The van der Waals surface area contributed by atoms with E-state index in [-0.39, 0.29) is 10.8 Å². The first kappa shape index (κ1) is 12.1. The Balaban J connectivity index is 2.86. The Morgan fingerprint density at radius 3 is 2.56 bits per heavy atom. The van der Waals surface area contributed by atoms with Gasteiger partial charge in [-0.25, -0.2) is 9.86 Å². The standard InChI is InChI=1S/C9H10N2O5/c12-5-7(9(14)15)11(16)8(13)6-3-1-2-4-10-6/h1-4,7,12,16H,5H2,(H,14,15). The van der Waals surface area contributed by atoms with E-state index in [2.05, 4.69) is 4.98 Å². The summed E-state index contributed by atoms with van der Waals surface area (Å²) < 4.78 is 0. The molecule has 1 atom stereocenters. The molecule has 0 saturated heterocycles. The van der Waals surface area contributed by atoms with Gasteiger partial charge in [0.1, 0.15) is 5.69 Å². The second kappa shape index (κ2) is 5.19. The fraction of sp³-hybridized carbons (Fsp3) is 0.222. The molecule has 7 nitrogen and oxygen atoms in total. The number of carbonyl (C=O) groups excluding carboxylic acids is 1. The van der Waals surface area contributed by atoms with Gasteiger partial charge in [0.05, 0.1) is 6.61 Å². The maximum absolute atomic E-state index is 11.5. The van der Waals surface area contributed by atoms with Crippen LogP contribution in [-0.4, -0.2) is 50.0 Å². The highest BCUT2D eigenvalue weighted by molar-refractivity contribution is 5.94. The van der Waals surface area contributed by atoms with Crippen molar-refractivity contribution in [2.45, 2.75) is 6.04 Å². The molecule has 1 amide bonds. The number of carboxylic acid groups (broad SMARTS) is 1. The second-order valence-corrected chi connectivity index (χ2v) is 2.90. The van der Waals surface area contributed by atoms with Crippen molar-refractivity contribution in [3.63, 3.8) is 0 Å². The molecule has 1 unspecified atom stereocenters. The normalized spacial score (nSPS) is 11.9. The molecule has 0 aliphatic heterocycles. The Kier molecular flexibility index (Phi) is 3.92. The van der Waals surface area contributed by atoms with Crippen molar-refractivity contribution in [1.82, 2.24) is 10.0 Å². The topological polar surface area (TPSA) is 111 Å². The van der Waals surface area contributed by atoms with Gasteiger partial charge < -0.3 is 10.2 Å². The molecule has 1 aromatic heterocycles. The van der Waals surface area contributed by atoms with Gasteiger partial charge in [0.25, 0.3) is 5.91 Å². The van der Waals surface area contributed by atoms with Crippen molar-refractivity contribution < 1.29 is 25.0 Å². The number of carboxylic acids is 1. The van der Waals surface area contributed by atoms with Crippen molar-refractivity contribution in [1.29, 1.82) is 0 Å². The molecule has 0 aliphatic rings. The fourth-order valence-electron chi connectivity index (χ4n) is 1.01. The number of aliphatic carboxylic acids is 1. The summed E-state index contributed by atoms with van der Waals surface area (Å²) in [5.74, 6) is -2.49. The highest BCUT2D eigenvalue weighted by Crippen LogP contribution is 2.03. The van der Waals surface area contributed by atoms with E-state index in [1.54, 1.807) is 6.07 Å². The van der Waals surface area contributed by atoms with Gasteiger partial charge >= 0.3 is 5.97 Å². The zero-order valence-corrected chi connectivity index (χ0v) is 8.15. The molecule has 0 aliphatic carbocycles. The molecule has 1 heterocycles. The van der Waals surface area contributed by atoms with E-state index in [1.165, 1.54) is 18.3 Å². The van der Waals surface area contributed by atoms with E-state index in [0.29, 0.717) is 0 Å². The first-order chi connectivity index (χ1) is 7.57. The minimum atomic E-state index is -1.70. The number of hydrogen-bond acceptors (Lipinski definition) is 5. The number of hydrogen-bond donors (Lipinski definition) is 3. The third kappa shape index (κ3) is 2.53. The van der Waals surface area contributed by atoms with Crippen LogP contribution in [0.15, 0.2) is 24.4 Å². The molecule has 0 bridgehead atoms. The summed E-state index contributed by atoms with van der Waals surface area (Å²) in [6, 6.07) is 2.71. The van der Waals surface area contributed by atoms with Gasteiger partial charge in [-0.3, -0.25) is 15.0 Å². The molecule has 0 spiro atoms. The van der Waals surface area contributed by atoms with Gasteiger partial charge in [0.2, 0.25) is 0 Å². The number of aliphatic hydroxyl groups is 1. The lowest BCUT2D eigenvalue weighted by Crippen LogP contribution is -2.45. The van der Waals surface area contributed by atoms with Crippen molar-refractivity contribution in [3.8, 4) is 0 Å². The average molecular weight is 226 g/mol. The SMILES string of the molecule is O=C(O)C(CO)N(O)C(=O)c1ccccn1. The van der Waals surface area contributed by atoms with Crippen molar-refractivity contribution in [3.05, 3.63) is 30.1 Å². The van der Waals surface area contributed by atoms with Crippen LogP contribution in [0.1, 0.15) is 10.5 Å². The summed E-state index contributed by atoms with van der Waals surface area (Å²) in [4.78, 5) is 25.7. The first-order valence-electron chi connectivity index (χ1n) is 4.35. The van der Waals surface area contributed by atoms with Gasteiger partial charge in [-0.15, -0.1) is 0 Å². The van der Waals surface area contributed by atoms with E-state index >= 15 is 0 Å². The van der Waals surface area contributed by atoms with E-state index < -0.39 is 24.5 Å². The van der Waals surface area contributed by atoms with Crippen LogP contribution in [-0.2, 0) is 4.79 Å². The summed E-state index contributed by atoms with van der Waals surface area (Å²) in [5, 5.41) is 26.6. The highest BCUT2D eigenvalue weighted by Gasteiger charge is 2.29. The zero-order chi connectivity index (χ0) is 12.1. The van der Waals surface area contributed by atoms with Crippen LogP contribution in [0.25, 0.3) is 0 Å². The number of aromatic nitrogens is 1. The van der Waals surface area contributed by atoms with Gasteiger partial charge in [0, 0.05) is 6.20 Å². The lowest BCUT2D eigenvalue weighted by molar-refractivity contribution is -0.161. The smallest absolute Gasteiger partial charge is 0.331 e. The van der Waals surface area contributed by atoms with E-state index in [1.807, 2.05) is 0 Å². The van der Waals surface area contributed by atoms with Crippen LogP contribution >= 0.6 is 0 Å². The van der Waals surface area contributed by atoms with Crippen LogP contribution in [0, 0.1) is 0 Å². The Bertz CT molecular complexity index is 381. The van der Waals surface area contributed by atoms with Crippen LogP contribution in [0.4, 0.5) is 0 Å². The molecule has 0 fully saturated rings. The Morgan fingerprint density at radius 2 is 2.12 bits per heavy atom. The highest BCUT2D eigenvalue weighted by atomic mass is 16.5. The summed E-state index contributed by atoms with van der Waals surface area (Å²) in [7, 11) is 0. The van der Waals surface area contributed by atoms with Gasteiger partial charge in [-0.2, -0.15) is 0 Å². The number of carbonyl (C=O) groups is 2. The van der Waals surface area contributed by atoms with E-state index in [0.717, 1.165) is 0 Å². The molecular formula is C9H10N2O5. The van der Waals surface area contributed by atoms with Crippen LogP contribution in [0.5, 0.6) is 0 Å². The molecule has 0 aromatic carbocycles. The molecule has 0 saturated carbocycles. The van der Waals surface area contributed by atoms with Gasteiger partial charge in [-0.1, -0.05) is 6.07 Å². The number of rotatable bonds is 4. The number of amides is 1. The molecule has 1 aromatic rings. The third-order valence-electron chi connectivity index (χ3n) is 1.85. The quantitative estimate of drug-likeness (QED) is 0.465. The number of pyridine rings is 1. The molecule has 1 rings (SSSR count). The monoisotopic (exact) mass is 226 g/mol. The predicted molar refractivity (Wildman–Crippen MR) is 50.7 cm³/mol. The fourth-order valence-corrected chi connectivity index (χ4v) is 1.01. The molecule has 0 radical (unpaired) electrons. The van der Waals surface area contributed by atoms with Crippen molar-refractivity contribution in [2.75, 3.05) is 6.61 Å². The van der Waals surface area contributed by atoms with Gasteiger partial charge in [-0.05, 0) is 12.1 Å². The molecule has 3 N–H and O–H groups in total. The number of nitrogens with zero attached hydrogens (tertiary/aromatic N) is 2. The lowest BCUT2D eigenvalue weighted by Gasteiger charge is -2.19. The summed E-state index contributed by atoms with van der Waals surface area (Å²) in [5.41, 5.74) is -0.107. The maximum atomic E-state index is 11.5. The minimum absolute atomic E-state index is 0.0509.